The highest BCUT2D eigenvalue weighted by Crippen LogP contribution is 2.33. The van der Waals surface area contributed by atoms with Crippen molar-refractivity contribution < 1.29 is 13.2 Å². The van der Waals surface area contributed by atoms with Crippen molar-refractivity contribution in [1.82, 2.24) is 14.5 Å². The second kappa shape index (κ2) is 7.92. The van der Waals surface area contributed by atoms with Gasteiger partial charge < -0.3 is 0 Å². The number of aromatic nitrogens is 2. The molecule has 1 aromatic heterocycles. The topological polar surface area (TPSA) is 61.9 Å². The Morgan fingerprint density at radius 2 is 1.87 bits per heavy atom. The van der Waals surface area contributed by atoms with Crippen LogP contribution in [0.15, 0.2) is 53.3 Å². The standard InChI is InChI=1S/C22H19F3N4O/c23-22(24,25)14-29-20(27-18-5-2-1-4-17(18)21(29)30)19-6-3-11-28(19)13-16-9-7-15(12-26)8-10-16/h1-2,4-5,7-10,19H,3,6,11,13-14H2. The minimum atomic E-state index is -4.53. The Labute approximate surface area is 171 Å². The van der Waals surface area contributed by atoms with E-state index < -0.39 is 18.3 Å². The van der Waals surface area contributed by atoms with Crippen LogP contribution in [0.4, 0.5) is 13.2 Å². The summed E-state index contributed by atoms with van der Waals surface area (Å²) in [5.41, 5.74) is 1.23. The molecule has 4 rings (SSSR count). The SMILES string of the molecule is N#Cc1ccc(CN2CCCC2c2nc3ccccc3c(=O)n2CC(F)(F)F)cc1. The van der Waals surface area contributed by atoms with Gasteiger partial charge in [-0.2, -0.15) is 18.4 Å². The molecule has 0 spiro atoms. The first-order valence-corrected chi connectivity index (χ1v) is 9.65. The molecule has 0 amide bonds. The molecule has 8 heteroatoms. The summed E-state index contributed by atoms with van der Waals surface area (Å²) in [5.74, 6) is 0.155. The van der Waals surface area contributed by atoms with Crippen molar-refractivity contribution in [2.75, 3.05) is 6.54 Å². The summed E-state index contributed by atoms with van der Waals surface area (Å²) in [6, 6.07) is 15.3. The van der Waals surface area contributed by atoms with E-state index in [1.807, 2.05) is 17.0 Å². The van der Waals surface area contributed by atoms with Gasteiger partial charge in [-0.15, -0.1) is 0 Å². The van der Waals surface area contributed by atoms with Crippen molar-refractivity contribution in [3.63, 3.8) is 0 Å². The third kappa shape index (κ3) is 4.07. The normalized spacial score (nSPS) is 17.3. The predicted molar refractivity (Wildman–Crippen MR) is 106 cm³/mol. The number of hydrogen-bond acceptors (Lipinski definition) is 4. The van der Waals surface area contributed by atoms with Gasteiger partial charge in [-0.1, -0.05) is 24.3 Å². The monoisotopic (exact) mass is 412 g/mol. The molecule has 30 heavy (non-hydrogen) atoms. The molecular weight excluding hydrogens is 393 g/mol. The number of fused-ring (bicyclic) bond motifs is 1. The Morgan fingerprint density at radius 3 is 2.57 bits per heavy atom. The summed E-state index contributed by atoms with van der Waals surface area (Å²) in [4.78, 5) is 19.4. The van der Waals surface area contributed by atoms with Gasteiger partial charge in [0.05, 0.1) is 28.6 Å². The molecule has 2 heterocycles. The number of para-hydroxylation sites is 1. The molecule has 3 aromatic rings. The van der Waals surface area contributed by atoms with E-state index in [1.165, 1.54) is 6.07 Å². The fourth-order valence-corrected chi connectivity index (χ4v) is 4.00. The Morgan fingerprint density at radius 1 is 1.13 bits per heavy atom. The second-order valence-electron chi connectivity index (χ2n) is 7.43. The van der Waals surface area contributed by atoms with Crippen LogP contribution in [0.1, 0.15) is 35.8 Å². The number of hydrogen-bond donors (Lipinski definition) is 0. The van der Waals surface area contributed by atoms with Crippen LogP contribution in [0.2, 0.25) is 0 Å². The molecule has 0 N–H and O–H groups in total. The number of rotatable bonds is 4. The summed E-state index contributed by atoms with van der Waals surface area (Å²) >= 11 is 0. The van der Waals surface area contributed by atoms with Crippen LogP contribution in [0.5, 0.6) is 0 Å². The van der Waals surface area contributed by atoms with E-state index in [1.54, 1.807) is 30.3 Å². The van der Waals surface area contributed by atoms with Gasteiger partial charge in [0.1, 0.15) is 12.4 Å². The molecule has 1 aliphatic heterocycles. The molecular formula is C22H19F3N4O. The zero-order valence-electron chi connectivity index (χ0n) is 16.1. The van der Waals surface area contributed by atoms with E-state index >= 15 is 0 Å². The van der Waals surface area contributed by atoms with Gasteiger partial charge in [0.25, 0.3) is 5.56 Å². The van der Waals surface area contributed by atoms with Crippen molar-refractivity contribution in [2.45, 2.75) is 38.1 Å². The van der Waals surface area contributed by atoms with Gasteiger partial charge in [-0.3, -0.25) is 14.3 Å². The highest BCUT2D eigenvalue weighted by atomic mass is 19.4. The molecule has 2 aromatic carbocycles. The quantitative estimate of drug-likeness (QED) is 0.645. The second-order valence-corrected chi connectivity index (χ2v) is 7.43. The molecule has 0 radical (unpaired) electrons. The number of alkyl halides is 3. The first kappa shape index (κ1) is 20.1. The largest absolute Gasteiger partial charge is 0.406 e. The Balaban J connectivity index is 1.75. The third-order valence-corrected chi connectivity index (χ3v) is 5.36. The Kier molecular flexibility index (Phi) is 5.31. The van der Waals surface area contributed by atoms with Gasteiger partial charge in [0.2, 0.25) is 0 Å². The van der Waals surface area contributed by atoms with Crippen LogP contribution in [-0.4, -0.2) is 27.2 Å². The van der Waals surface area contributed by atoms with Crippen molar-refractivity contribution in [1.29, 1.82) is 5.26 Å². The third-order valence-electron chi connectivity index (χ3n) is 5.36. The van der Waals surface area contributed by atoms with E-state index in [0.717, 1.165) is 16.6 Å². The maximum atomic E-state index is 13.3. The van der Waals surface area contributed by atoms with E-state index in [-0.39, 0.29) is 17.3 Å². The van der Waals surface area contributed by atoms with Gasteiger partial charge in [0.15, 0.2) is 0 Å². The maximum Gasteiger partial charge on any atom is 0.406 e. The van der Waals surface area contributed by atoms with Crippen LogP contribution in [0.25, 0.3) is 10.9 Å². The average molecular weight is 412 g/mol. The lowest BCUT2D eigenvalue weighted by atomic mass is 10.1. The van der Waals surface area contributed by atoms with E-state index in [4.69, 9.17) is 5.26 Å². The lowest BCUT2D eigenvalue weighted by molar-refractivity contribution is -0.142. The van der Waals surface area contributed by atoms with E-state index in [2.05, 4.69) is 11.1 Å². The summed E-state index contributed by atoms with van der Waals surface area (Å²) in [5, 5.41) is 9.13. The molecule has 1 fully saturated rings. The smallest absolute Gasteiger partial charge is 0.289 e. The molecule has 0 saturated carbocycles. The number of likely N-dealkylation sites (tertiary alicyclic amines) is 1. The summed E-state index contributed by atoms with van der Waals surface area (Å²) in [6.45, 7) is -0.162. The lowest BCUT2D eigenvalue weighted by Gasteiger charge is -2.27. The zero-order valence-corrected chi connectivity index (χ0v) is 16.1. The van der Waals surface area contributed by atoms with Gasteiger partial charge >= 0.3 is 6.18 Å². The molecule has 1 atom stereocenters. The number of benzene rings is 2. The molecule has 0 aliphatic carbocycles. The molecule has 154 valence electrons. The van der Waals surface area contributed by atoms with E-state index in [9.17, 15) is 18.0 Å². The van der Waals surface area contributed by atoms with Gasteiger partial charge in [-0.05, 0) is 49.2 Å². The van der Waals surface area contributed by atoms with Crippen LogP contribution >= 0.6 is 0 Å². The minimum absolute atomic E-state index is 0.155. The van der Waals surface area contributed by atoms with Crippen LogP contribution in [-0.2, 0) is 13.1 Å². The lowest BCUT2D eigenvalue weighted by Crippen LogP contribution is -2.35. The van der Waals surface area contributed by atoms with Crippen molar-refractivity contribution >= 4 is 10.9 Å². The van der Waals surface area contributed by atoms with Crippen molar-refractivity contribution in [3.8, 4) is 6.07 Å². The molecule has 0 bridgehead atoms. The number of nitrogens with zero attached hydrogens (tertiary/aromatic N) is 4. The number of nitriles is 1. The maximum absolute atomic E-state index is 13.3. The molecule has 1 aliphatic rings. The minimum Gasteiger partial charge on any atom is -0.289 e. The fourth-order valence-electron chi connectivity index (χ4n) is 4.00. The first-order valence-electron chi connectivity index (χ1n) is 9.65. The number of halogens is 3. The highest BCUT2D eigenvalue weighted by Gasteiger charge is 2.35. The van der Waals surface area contributed by atoms with Crippen LogP contribution < -0.4 is 5.56 Å². The fraction of sp³-hybridized carbons (Fsp3) is 0.318. The van der Waals surface area contributed by atoms with Crippen LogP contribution in [0, 0.1) is 11.3 Å². The van der Waals surface area contributed by atoms with Crippen LogP contribution in [0.3, 0.4) is 0 Å². The average Bonchev–Trinajstić information content (AvgIpc) is 3.17. The van der Waals surface area contributed by atoms with E-state index in [0.29, 0.717) is 30.6 Å². The Hall–Kier alpha value is -3.18. The Bertz CT molecular complexity index is 1160. The zero-order chi connectivity index (χ0) is 21.3. The molecule has 1 saturated heterocycles. The highest BCUT2D eigenvalue weighted by molar-refractivity contribution is 5.77. The summed E-state index contributed by atoms with van der Waals surface area (Å²) in [6.07, 6.45) is -3.10. The van der Waals surface area contributed by atoms with Gasteiger partial charge in [0, 0.05) is 6.54 Å². The summed E-state index contributed by atoms with van der Waals surface area (Å²) < 4.78 is 40.6. The van der Waals surface area contributed by atoms with Gasteiger partial charge in [-0.25, -0.2) is 4.98 Å². The summed E-state index contributed by atoms with van der Waals surface area (Å²) in [7, 11) is 0. The van der Waals surface area contributed by atoms with Crippen molar-refractivity contribution in [3.05, 3.63) is 75.8 Å². The molecule has 5 nitrogen and oxygen atoms in total. The molecule has 1 unspecified atom stereocenters. The van der Waals surface area contributed by atoms with Crippen molar-refractivity contribution in [2.24, 2.45) is 0 Å². The first-order chi connectivity index (χ1) is 14.4. The predicted octanol–water partition coefficient (Wildman–Crippen LogP) is 4.17.